The number of aliphatic hydroxyl groups is 3. The van der Waals surface area contributed by atoms with E-state index in [4.69, 9.17) is 9.47 Å². The Bertz CT molecular complexity index is 2010. The number of carbonyl (C=O) groups excluding carboxylic acids is 1. The summed E-state index contributed by atoms with van der Waals surface area (Å²) in [5.74, 6) is 0.213. The number of esters is 1. The molecule has 53 heavy (non-hydrogen) atoms. The third-order valence-electron chi connectivity index (χ3n) is 15.1. The van der Waals surface area contributed by atoms with Gasteiger partial charge in [-0.1, -0.05) is 44.2 Å². The molecule has 2 bridgehead atoms. The molecule has 284 valence electrons. The number of para-hydroxylation sites is 1. The van der Waals surface area contributed by atoms with Crippen LogP contribution in [0, 0.1) is 11.3 Å². The maximum Gasteiger partial charge on any atom is 0.322 e. The number of rotatable bonds is 5. The number of carbonyl (C=O) groups is 1. The van der Waals surface area contributed by atoms with Crippen LogP contribution in [-0.4, -0.2) is 119 Å². The number of aromatic amines is 1. The second-order valence-corrected chi connectivity index (χ2v) is 17.5. The Morgan fingerprint density at radius 1 is 1.04 bits per heavy atom. The molecular weight excluding hydrogens is 668 g/mol. The van der Waals surface area contributed by atoms with Crippen molar-refractivity contribution in [2.45, 2.75) is 99.5 Å². The molecule has 3 fully saturated rings. The third-order valence-corrected chi connectivity index (χ3v) is 15.1. The molecule has 1 unspecified atom stereocenters. The molecule has 2 saturated heterocycles. The normalized spacial score (nSPS) is 40.1. The molecule has 1 aliphatic carbocycles. The summed E-state index contributed by atoms with van der Waals surface area (Å²) in [6, 6.07) is 12.1. The van der Waals surface area contributed by atoms with Crippen LogP contribution in [-0.2, 0) is 26.8 Å². The molecule has 10 heteroatoms. The summed E-state index contributed by atoms with van der Waals surface area (Å²) >= 11 is 0. The van der Waals surface area contributed by atoms with E-state index in [2.05, 4.69) is 76.0 Å². The number of H-pyrrole nitrogens is 1. The zero-order valence-electron chi connectivity index (χ0n) is 32.1. The van der Waals surface area contributed by atoms with Gasteiger partial charge in [-0.3, -0.25) is 14.6 Å². The molecule has 0 amide bonds. The summed E-state index contributed by atoms with van der Waals surface area (Å²) in [6.07, 6.45) is 7.22. The number of aromatic nitrogens is 1. The predicted octanol–water partition coefficient (Wildman–Crippen LogP) is 4.27. The minimum atomic E-state index is -1.44. The minimum absolute atomic E-state index is 0.0135. The Labute approximate surface area is 312 Å². The number of ether oxygens (including phenoxy) is 2. The maximum atomic E-state index is 15.2. The van der Waals surface area contributed by atoms with Crippen molar-refractivity contribution < 1.29 is 29.6 Å². The van der Waals surface area contributed by atoms with Crippen molar-refractivity contribution in [3.05, 3.63) is 70.9 Å². The lowest BCUT2D eigenvalue weighted by Gasteiger charge is -2.63. The van der Waals surface area contributed by atoms with Gasteiger partial charge in [0, 0.05) is 84.0 Å². The van der Waals surface area contributed by atoms with Crippen molar-refractivity contribution in [1.29, 1.82) is 0 Å². The number of aliphatic hydroxyl groups excluding tert-OH is 1. The van der Waals surface area contributed by atoms with Crippen LogP contribution in [0.15, 0.2) is 48.6 Å². The molecule has 1 saturated carbocycles. The van der Waals surface area contributed by atoms with E-state index in [0.717, 1.165) is 71.6 Å². The Kier molecular flexibility index (Phi) is 7.86. The Morgan fingerprint density at radius 3 is 2.57 bits per heavy atom. The third kappa shape index (κ3) is 4.41. The Balaban J connectivity index is 1.35. The number of nitrogens with one attached hydrogen (secondary N) is 1. The van der Waals surface area contributed by atoms with E-state index < -0.39 is 39.6 Å². The number of methoxy groups -OCH3 is 2. The first-order valence-corrected chi connectivity index (χ1v) is 19.8. The second kappa shape index (κ2) is 11.8. The summed E-state index contributed by atoms with van der Waals surface area (Å²) in [7, 11) is 5.18. The van der Waals surface area contributed by atoms with Crippen LogP contribution in [0.2, 0.25) is 0 Å². The largest absolute Gasteiger partial charge is 0.496 e. The molecule has 0 radical (unpaired) electrons. The molecule has 9 rings (SSSR count). The molecule has 3 aromatic rings. The lowest BCUT2D eigenvalue weighted by molar-refractivity contribution is -0.190. The van der Waals surface area contributed by atoms with Crippen molar-refractivity contribution in [2.75, 3.05) is 58.9 Å². The van der Waals surface area contributed by atoms with Crippen molar-refractivity contribution in [1.82, 2.24) is 14.8 Å². The van der Waals surface area contributed by atoms with Crippen LogP contribution in [0.25, 0.3) is 10.9 Å². The first kappa shape index (κ1) is 35.3. The zero-order chi connectivity index (χ0) is 37.3. The minimum Gasteiger partial charge on any atom is -0.496 e. The van der Waals surface area contributed by atoms with Gasteiger partial charge in [0.05, 0.1) is 32.0 Å². The first-order chi connectivity index (χ1) is 25.3. The second-order valence-electron chi connectivity index (χ2n) is 17.5. The molecule has 1 spiro atoms. The number of anilines is 1. The summed E-state index contributed by atoms with van der Waals surface area (Å²) < 4.78 is 12.3. The highest BCUT2D eigenvalue weighted by Gasteiger charge is 2.75. The molecule has 5 aliphatic heterocycles. The van der Waals surface area contributed by atoms with Gasteiger partial charge in [0.25, 0.3) is 0 Å². The van der Waals surface area contributed by atoms with Gasteiger partial charge in [0.15, 0.2) is 0 Å². The smallest absolute Gasteiger partial charge is 0.322 e. The van der Waals surface area contributed by atoms with Crippen LogP contribution in [0.1, 0.15) is 75.3 Å². The SMILES string of the molecule is CC[C@]1(O)C[C@@H]2CN(CCc3c([nH]c4ccccc34)[C@@](C(=O)OC)(c3cc4c(cc3OC)N(C)[C@H]3[C@](C)(O)[C@H](O)[C@]5(CC)C=CCN6CC[C@]43[C@@H]65)C2)C1. The quantitative estimate of drug-likeness (QED) is 0.226. The highest BCUT2D eigenvalue weighted by Crippen LogP contribution is 2.67. The van der Waals surface area contributed by atoms with Gasteiger partial charge in [0.2, 0.25) is 0 Å². The van der Waals surface area contributed by atoms with E-state index in [9.17, 15) is 15.3 Å². The highest BCUT2D eigenvalue weighted by molar-refractivity contribution is 5.94. The molecule has 6 aliphatic rings. The van der Waals surface area contributed by atoms with Gasteiger partial charge in [-0.2, -0.15) is 0 Å². The summed E-state index contributed by atoms with van der Waals surface area (Å²) in [6.45, 7) is 9.78. The van der Waals surface area contributed by atoms with E-state index in [1.165, 1.54) is 7.11 Å². The number of fused-ring (bicyclic) bond motifs is 6. The predicted molar refractivity (Wildman–Crippen MR) is 205 cm³/mol. The van der Waals surface area contributed by atoms with Gasteiger partial charge in [0.1, 0.15) is 16.8 Å². The monoisotopic (exact) mass is 724 g/mol. The van der Waals surface area contributed by atoms with Gasteiger partial charge in [-0.05, 0) is 81.2 Å². The van der Waals surface area contributed by atoms with Crippen molar-refractivity contribution in [3.8, 4) is 5.75 Å². The maximum absolute atomic E-state index is 15.2. The van der Waals surface area contributed by atoms with Gasteiger partial charge >= 0.3 is 5.97 Å². The number of hydrogen-bond acceptors (Lipinski definition) is 9. The summed E-state index contributed by atoms with van der Waals surface area (Å²) in [5, 5.41) is 37.8. The lowest BCUT2D eigenvalue weighted by Crippen LogP contribution is -2.77. The topological polar surface area (TPSA) is 122 Å². The summed E-state index contributed by atoms with van der Waals surface area (Å²) in [4.78, 5) is 26.0. The van der Waals surface area contributed by atoms with Crippen LogP contribution < -0.4 is 9.64 Å². The fourth-order valence-corrected chi connectivity index (χ4v) is 13.1. The average Bonchev–Trinajstić information content (AvgIpc) is 3.82. The number of piperidine rings is 1. The van der Waals surface area contributed by atoms with E-state index in [-0.39, 0.29) is 17.9 Å². The van der Waals surface area contributed by atoms with Crippen molar-refractivity contribution in [2.24, 2.45) is 11.3 Å². The summed E-state index contributed by atoms with van der Waals surface area (Å²) in [5.41, 5.74) is 0.888. The van der Waals surface area contributed by atoms with Crippen LogP contribution >= 0.6 is 0 Å². The first-order valence-electron chi connectivity index (χ1n) is 19.8. The lowest BCUT2D eigenvalue weighted by atomic mass is 9.48. The van der Waals surface area contributed by atoms with Gasteiger partial charge < -0.3 is 34.7 Å². The molecule has 10 atom stereocenters. The Morgan fingerprint density at radius 2 is 1.83 bits per heavy atom. The number of likely N-dealkylation sites (N-methyl/N-ethyl adjacent to an activating group) is 1. The zero-order valence-corrected chi connectivity index (χ0v) is 32.1. The number of nitrogens with zero attached hydrogens (tertiary/aromatic N) is 3. The average molecular weight is 725 g/mol. The standard InChI is InChI=1S/C43H56N4O6/c1-7-40(51)22-26-23-43(38(49)53-6,34-28(14-18-46(24-26)25-40)27-12-9-10-13-31(27)44-34)30-20-29-32(21-33(30)52-5)45(4)35-39(3,50)37(48)41(8-2)15-11-17-47-19-16-42(29,35)36(41)47/h9-13,15,20-21,26,35-37,44,48,50-51H,7-8,14,16-19,22-25H2,1-6H3/t26-,35-,36-,37-,39-,40-,41+,42-,43-/m0/s1. The van der Waals surface area contributed by atoms with Gasteiger partial charge in [-0.25, -0.2) is 0 Å². The molecule has 4 N–H and O–H groups in total. The molecule has 2 aromatic carbocycles. The molecule has 10 nitrogen and oxygen atoms in total. The number of benzene rings is 2. The fraction of sp³-hybridized carbons (Fsp3) is 0.605. The molecular formula is C43H56N4O6. The van der Waals surface area contributed by atoms with Crippen LogP contribution in [0.3, 0.4) is 0 Å². The van der Waals surface area contributed by atoms with Crippen molar-refractivity contribution >= 4 is 22.6 Å². The highest BCUT2D eigenvalue weighted by atomic mass is 16.5. The van der Waals surface area contributed by atoms with Crippen molar-refractivity contribution in [3.63, 3.8) is 0 Å². The molecule has 6 heterocycles. The van der Waals surface area contributed by atoms with E-state index >= 15 is 4.79 Å². The molecule has 1 aromatic heterocycles. The fourth-order valence-electron chi connectivity index (χ4n) is 13.1. The number of hydrogen-bond donors (Lipinski definition) is 4. The van der Waals surface area contributed by atoms with Crippen LogP contribution in [0.5, 0.6) is 5.75 Å². The Hall–Kier alpha value is -3.41. The van der Waals surface area contributed by atoms with E-state index in [0.29, 0.717) is 44.4 Å². The van der Waals surface area contributed by atoms with Crippen LogP contribution in [0.4, 0.5) is 5.69 Å². The van der Waals surface area contributed by atoms with E-state index in [1.54, 1.807) is 7.11 Å². The van der Waals surface area contributed by atoms with Gasteiger partial charge in [-0.15, -0.1) is 0 Å². The van der Waals surface area contributed by atoms with E-state index in [1.807, 2.05) is 20.0 Å².